The maximum absolute atomic E-state index is 0. The van der Waals surface area contributed by atoms with Gasteiger partial charge < -0.3 is 0 Å². The first kappa shape index (κ1) is 29.8. The molecule has 0 fully saturated rings. The van der Waals surface area contributed by atoms with Crippen LogP contribution < -0.4 is 0 Å². The van der Waals surface area contributed by atoms with Gasteiger partial charge in [0.1, 0.15) is 0 Å². The van der Waals surface area contributed by atoms with Gasteiger partial charge in [-0.15, -0.1) is 0 Å². The van der Waals surface area contributed by atoms with E-state index < -0.39 is 0 Å². The molecule has 0 rings (SSSR count). The van der Waals surface area contributed by atoms with Crippen molar-refractivity contribution in [1.29, 1.82) is 0 Å². The van der Waals surface area contributed by atoms with Crippen LogP contribution in [0.1, 0.15) is 0 Å². The van der Waals surface area contributed by atoms with Crippen molar-refractivity contribution in [2.75, 3.05) is 0 Å². The van der Waals surface area contributed by atoms with Crippen LogP contribution >= 0.6 is 27.0 Å². The molecule has 1 radical (unpaired) electrons. The van der Waals surface area contributed by atoms with Crippen LogP contribution in [-0.2, 0) is 22.4 Å². The molecule has 0 unspecified atom stereocenters. The van der Waals surface area contributed by atoms with Gasteiger partial charge in [-0.05, 0) is 0 Å². The Morgan fingerprint density at radius 2 is 0.750 bits per heavy atom. The number of hydrogen-bond acceptors (Lipinski definition) is 0. The maximum atomic E-state index is 0. The molecule has 0 aliphatic heterocycles. The third kappa shape index (κ3) is 8.83. The summed E-state index contributed by atoms with van der Waals surface area (Å²) in [5.74, 6) is 0. The molecule has 0 aliphatic rings. The van der Waals surface area contributed by atoms with Gasteiger partial charge >= 0.3 is 0 Å². The van der Waals surface area contributed by atoms with E-state index in [1.54, 1.807) is 0 Å². The van der Waals surface area contributed by atoms with Crippen LogP contribution in [0.5, 0.6) is 0 Å². The van der Waals surface area contributed by atoms with Gasteiger partial charge in [-0.2, -0.15) is 27.0 Å². The first-order valence-electron chi connectivity index (χ1n) is 0. The van der Waals surface area contributed by atoms with E-state index in [0.717, 1.165) is 0 Å². The molecule has 0 saturated carbocycles. The minimum atomic E-state index is 0. The monoisotopic (exact) mass is 339 g/mol. The van der Waals surface area contributed by atoms with E-state index in [1.165, 1.54) is 0 Å². The summed E-state index contributed by atoms with van der Waals surface area (Å²) in [4.78, 5) is 0. The number of rotatable bonds is 0. The van der Waals surface area contributed by atoms with E-state index in [-0.39, 0.29) is 87.5 Å². The summed E-state index contributed by atoms with van der Waals surface area (Å²) < 4.78 is 0. The zero-order chi connectivity index (χ0) is 0. The first-order valence-corrected chi connectivity index (χ1v) is 0. The summed E-state index contributed by atoms with van der Waals surface area (Å²) in [6.45, 7) is 0. The minimum Gasteiger partial charge on any atom is -0.197 e. The quantitative estimate of drug-likeness (QED) is 0.555. The first-order chi connectivity index (χ1) is 0. The predicted octanol–water partition coefficient (Wildman–Crippen LogP) is 0.223. The summed E-state index contributed by atoms with van der Waals surface area (Å²) in [5.41, 5.74) is 0. The molecule has 0 nitrogen and oxygen atoms in total. The van der Waals surface area contributed by atoms with Gasteiger partial charge in [-0.3, -0.25) is 0 Å². The van der Waals surface area contributed by atoms with Crippen molar-refractivity contribution < 1.29 is 60.6 Å². The zero-order valence-corrected chi connectivity index (χ0v) is 7.13. The van der Waals surface area contributed by atoms with E-state index in [4.69, 9.17) is 0 Å². The molecule has 0 spiro atoms. The second-order valence-corrected chi connectivity index (χ2v) is 0. The summed E-state index contributed by atoms with van der Waals surface area (Å²) in [6, 6.07) is 0. The van der Waals surface area contributed by atoms with Crippen LogP contribution in [0, 0.1) is 38.2 Å². The molecule has 0 aromatic rings. The summed E-state index contributed by atoms with van der Waals surface area (Å²) in [5, 5.41) is 0. The van der Waals surface area contributed by atoms with E-state index in [1.807, 2.05) is 0 Å². The maximum Gasteiger partial charge on any atom is 0 e. The van der Waals surface area contributed by atoms with Crippen molar-refractivity contribution in [1.82, 2.24) is 0 Å². The van der Waals surface area contributed by atoms with E-state index in [9.17, 15) is 0 Å². The molecule has 0 amide bonds. The smallest absolute Gasteiger partial charge is 0 e. The van der Waals surface area contributed by atoms with Gasteiger partial charge in [0.25, 0.3) is 0 Å². The Morgan fingerprint density at radius 3 is 0.750 bits per heavy atom. The van der Waals surface area contributed by atoms with Crippen molar-refractivity contribution in [3.8, 4) is 0 Å². The van der Waals surface area contributed by atoms with Crippen LogP contribution in [0.25, 0.3) is 0 Å². The van der Waals surface area contributed by atoms with E-state index in [0.29, 0.717) is 0 Å². The Hall–Kier alpha value is 2.71. The molecule has 0 aliphatic carbocycles. The van der Waals surface area contributed by atoms with Crippen LogP contribution in [0.4, 0.5) is 0 Å². The van der Waals surface area contributed by atoms with Gasteiger partial charge in [0.15, 0.2) is 0 Å². The van der Waals surface area contributed by atoms with Gasteiger partial charge in [-0.1, -0.05) is 0 Å². The molecule has 4 heavy (non-hydrogen) atoms. The molecule has 0 saturated heterocycles. The van der Waals surface area contributed by atoms with Crippen molar-refractivity contribution in [3.05, 3.63) is 0 Å². The molecule has 4 heteroatoms. The third-order valence-electron chi connectivity index (χ3n) is 0. The molecule has 0 aromatic carbocycles. The Bertz CT molecular complexity index is 6.00. The van der Waals surface area contributed by atoms with Gasteiger partial charge in [-0.25, -0.2) is 0 Å². The van der Waals surface area contributed by atoms with Gasteiger partial charge in [0.05, 0.1) is 0 Å². The molecule has 0 bridgehead atoms. The summed E-state index contributed by atoms with van der Waals surface area (Å²) >= 11 is 0. The van der Waals surface area contributed by atoms with Crippen molar-refractivity contribution in [2.24, 2.45) is 0 Å². The van der Waals surface area contributed by atoms with Crippen molar-refractivity contribution in [2.45, 2.75) is 0 Å². The molecule has 0 N–H and O–H groups in total. The third-order valence-corrected chi connectivity index (χ3v) is 0. The molecule has 0 aromatic heterocycles. The summed E-state index contributed by atoms with van der Waals surface area (Å²) in [6.07, 6.45) is 0. The normalized spacial score (nSPS) is 0. The molecule has 0 atom stereocenters. The number of hydrogen-bond donors (Lipinski definition) is 0. The minimum absolute atomic E-state index is 0. The van der Waals surface area contributed by atoms with Crippen LogP contribution in [0.15, 0.2) is 0 Å². The Morgan fingerprint density at radius 1 is 0.750 bits per heavy atom. The van der Waals surface area contributed by atoms with Gasteiger partial charge in [0, 0.05) is 60.6 Å². The topological polar surface area (TPSA) is 0 Å². The summed E-state index contributed by atoms with van der Waals surface area (Å²) in [7, 11) is 0. The predicted molar refractivity (Wildman–Crippen MR) is 20.8 cm³/mol. The fourth-order valence-electron chi connectivity index (χ4n) is 0. The largest absolute Gasteiger partial charge is 0.197 e. The van der Waals surface area contributed by atoms with E-state index in [2.05, 4.69) is 0 Å². The van der Waals surface area contributed by atoms with Crippen LogP contribution in [0.3, 0.4) is 0 Å². The SMILES string of the molecule is S.S.[Ag].[Dy]. The fourth-order valence-corrected chi connectivity index (χ4v) is 0. The zero-order valence-electron chi connectivity index (χ0n) is 1.62. The van der Waals surface area contributed by atoms with Crippen molar-refractivity contribution >= 4 is 27.0 Å². The van der Waals surface area contributed by atoms with Crippen LogP contribution in [0.2, 0.25) is 0 Å². The van der Waals surface area contributed by atoms with E-state index >= 15 is 0 Å². The van der Waals surface area contributed by atoms with Gasteiger partial charge in [0.2, 0.25) is 0 Å². The van der Waals surface area contributed by atoms with Crippen molar-refractivity contribution in [3.63, 3.8) is 0 Å². The molecule has 37 valence electrons. The molecular weight excluding hydrogens is 335 g/mol. The second kappa shape index (κ2) is 17.2. The Kier molecular flexibility index (Phi) is 128. The molecule has 0 heterocycles. The Labute approximate surface area is 85.9 Å². The standard InChI is InChI=1S/Ag.Dy.2H2S/h;;2*1H2. The average Bonchev–Trinajstić information content (AvgIpc) is 0. The van der Waals surface area contributed by atoms with Crippen LogP contribution in [-0.4, -0.2) is 0 Å². The average molecular weight is 339 g/mol. The Balaban J connectivity index is 0. The fraction of sp³-hybridized carbons (Fsp3) is 0. The molecular formula is H4AgDyS2. The second-order valence-electron chi connectivity index (χ2n) is 0.